The number of hydrogen-bond acceptors (Lipinski definition) is 3. The molecular formula is C16H22ClN3O2. The zero-order valence-electron chi connectivity index (χ0n) is 12.6. The Bertz CT molecular complexity index is 530. The minimum Gasteiger partial charge on any atom is -0.395 e. The van der Waals surface area contributed by atoms with Crippen LogP contribution in [0.5, 0.6) is 0 Å². The number of carbonyl (C=O) groups is 1. The summed E-state index contributed by atoms with van der Waals surface area (Å²) in [6.07, 6.45) is 4.00. The number of hydrogen-bond donors (Lipinski definition) is 2. The first-order valence-electron chi connectivity index (χ1n) is 7.48. The monoisotopic (exact) mass is 323 g/mol. The first kappa shape index (κ1) is 16.6. The van der Waals surface area contributed by atoms with Gasteiger partial charge in [-0.1, -0.05) is 17.7 Å². The molecule has 120 valence electrons. The molecule has 22 heavy (non-hydrogen) atoms. The van der Waals surface area contributed by atoms with E-state index in [2.05, 4.69) is 16.8 Å². The van der Waals surface area contributed by atoms with E-state index in [0.717, 1.165) is 18.8 Å². The summed E-state index contributed by atoms with van der Waals surface area (Å²) in [7, 11) is 0. The molecule has 5 nitrogen and oxygen atoms in total. The molecule has 0 saturated carbocycles. The summed E-state index contributed by atoms with van der Waals surface area (Å²) in [5.41, 5.74) is 1.65. The van der Waals surface area contributed by atoms with Gasteiger partial charge in [-0.25, -0.2) is 4.79 Å². The summed E-state index contributed by atoms with van der Waals surface area (Å²) in [4.78, 5) is 15.9. The molecule has 0 spiro atoms. The Morgan fingerprint density at radius 2 is 2.18 bits per heavy atom. The van der Waals surface area contributed by atoms with Crippen LogP contribution in [0, 0.1) is 0 Å². The molecule has 1 aromatic carbocycles. The summed E-state index contributed by atoms with van der Waals surface area (Å²) >= 11 is 6.33. The number of aliphatic hydroxyl groups is 1. The van der Waals surface area contributed by atoms with Crippen LogP contribution >= 0.6 is 11.6 Å². The van der Waals surface area contributed by atoms with Crippen LogP contribution in [0.1, 0.15) is 12.8 Å². The summed E-state index contributed by atoms with van der Waals surface area (Å²) in [5, 5.41) is 12.4. The van der Waals surface area contributed by atoms with Crippen molar-refractivity contribution in [3.05, 3.63) is 35.9 Å². The Labute approximate surface area is 136 Å². The summed E-state index contributed by atoms with van der Waals surface area (Å²) in [6.45, 7) is 6.21. The van der Waals surface area contributed by atoms with E-state index in [1.54, 1.807) is 12.1 Å². The minimum absolute atomic E-state index is 0.0874. The number of halogens is 1. The summed E-state index contributed by atoms with van der Waals surface area (Å²) in [6, 6.07) is 5.27. The van der Waals surface area contributed by atoms with Crippen molar-refractivity contribution in [1.82, 2.24) is 4.90 Å². The molecule has 0 unspecified atom stereocenters. The molecule has 1 aliphatic heterocycles. The van der Waals surface area contributed by atoms with Crippen LogP contribution in [0.25, 0.3) is 0 Å². The van der Waals surface area contributed by atoms with Crippen LogP contribution in [0.2, 0.25) is 5.02 Å². The van der Waals surface area contributed by atoms with Crippen LogP contribution < -0.4 is 10.2 Å². The number of carbonyl (C=O) groups excluding carboxylic acids is 1. The van der Waals surface area contributed by atoms with E-state index in [4.69, 9.17) is 16.7 Å². The van der Waals surface area contributed by atoms with Gasteiger partial charge >= 0.3 is 6.03 Å². The maximum atomic E-state index is 12.1. The lowest BCUT2D eigenvalue weighted by Gasteiger charge is -2.22. The molecule has 6 heteroatoms. The van der Waals surface area contributed by atoms with Gasteiger partial charge in [0.05, 0.1) is 17.3 Å². The summed E-state index contributed by atoms with van der Waals surface area (Å²) in [5.74, 6) is 0. The molecule has 1 aromatic rings. The zero-order valence-corrected chi connectivity index (χ0v) is 13.4. The van der Waals surface area contributed by atoms with Gasteiger partial charge < -0.3 is 20.2 Å². The normalized spacial score (nSPS) is 14.0. The third kappa shape index (κ3) is 4.15. The molecule has 1 saturated heterocycles. The fourth-order valence-electron chi connectivity index (χ4n) is 2.55. The van der Waals surface area contributed by atoms with Crippen molar-refractivity contribution in [3.63, 3.8) is 0 Å². The molecule has 0 aliphatic carbocycles. The molecule has 2 rings (SSSR count). The van der Waals surface area contributed by atoms with Crippen molar-refractivity contribution in [2.45, 2.75) is 12.8 Å². The van der Waals surface area contributed by atoms with E-state index in [0.29, 0.717) is 17.3 Å². The highest BCUT2D eigenvalue weighted by molar-refractivity contribution is 6.33. The lowest BCUT2D eigenvalue weighted by atomic mass is 10.2. The van der Waals surface area contributed by atoms with Gasteiger partial charge in [0.2, 0.25) is 0 Å². The van der Waals surface area contributed by atoms with Crippen molar-refractivity contribution in [1.29, 1.82) is 0 Å². The van der Waals surface area contributed by atoms with Gasteiger partial charge in [-0.15, -0.1) is 6.58 Å². The second kappa shape index (κ2) is 8.06. The molecule has 1 heterocycles. The second-order valence-corrected chi connectivity index (χ2v) is 5.66. The van der Waals surface area contributed by atoms with Gasteiger partial charge in [0.25, 0.3) is 0 Å². The Morgan fingerprint density at radius 3 is 2.77 bits per heavy atom. The Balaban J connectivity index is 2.04. The predicted octanol–water partition coefficient (Wildman–Crippen LogP) is 2.95. The highest BCUT2D eigenvalue weighted by atomic mass is 35.5. The molecule has 0 bridgehead atoms. The second-order valence-electron chi connectivity index (χ2n) is 5.25. The number of urea groups is 1. The van der Waals surface area contributed by atoms with Gasteiger partial charge in [-0.3, -0.25) is 0 Å². The molecule has 0 atom stereocenters. The average molecular weight is 324 g/mol. The van der Waals surface area contributed by atoms with Crippen LogP contribution in [0.3, 0.4) is 0 Å². The number of amides is 2. The Hall–Kier alpha value is -1.72. The molecule has 1 aliphatic rings. The third-order valence-corrected chi connectivity index (χ3v) is 3.96. The maximum Gasteiger partial charge on any atom is 0.322 e. The molecule has 0 radical (unpaired) electrons. The number of rotatable bonds is 6. The average Bonchev–Trinajstić information content (AvgIpc) is 3.01. The highest BCUT2D eigenvalue weighted by Gasteiger charge is 2.16. The van der Waals surface area contributed by atoms with E-state index < -0.39 is 0 Å². The number of nitrogens with one attached hydrogen (secondary N) is 1. The van der Waals surface area contributed by atoms with Crippen LogP contribution in [0.4, 0.5) is 16.2 Å². The van der Waals surface area contributed by atoms with Gasteiger partial charge in [0, 0.05) is 31.9 Å². The van der Waals surface area contributed by atoms with Crippen LogP contribution in [-0.4, -0.2) is 48.8 Å². The number of anilines is 2. The lowest BCUT2D eigenvalue weighted by Crippen LogP contribution is -2.37. The third-order valence-electron chi connectivity index (χ3n) is 3.65. The van der Waals surface area contributed by atoms with Gasteiger partial charge in [0.15, 0.2) is 0 Å². The van der Waals surface area contributed by atoms with E-state index in [-0.39, 0.29) is 19.2 Å². The number of aliphatic hydroxyl groups excluding tert-OH is 1. The van der Waals surface area contributed by atoms with Crippen molar-refractivity contribution in [3.8, 4) is 0 Å². The predicted molar refractivity (Wildman–Crippen MR) is 90.8 cm³/mol. The number of nitrogens with zero attached hydrogens (tertiary/aromatic N) is 2. The Kier molecular flexibility index (Phi) is 6.10. The van der Waals surface area contributed by atoms with Gasteiger partial charge in [-0.05, 0) is 31.0 Å². The van der Waals surface area contributed by atoms with Crippen molar-refractivity contribution < 1.29 is 9.90 Å². The van der Waals surface area contributed by atoms with Gasteiger partial charge in [-0.2, -0.15) is 0 Å². The molecule has 0 aromatic heterocycles. The van der Waals surface area contributed by atoms with Crippen LogP contribution in [-0.2, 0) is 0 Å². The standard InChI is InChI=1S/C16H22ClN3O2/c1-2-7-20(10-11-21)16(22)18-13-5-6-15(14(17)12-13)19-8-3-4-9-19/h2,5-6,12,21H,1,3-4,7-11H2,(H,18,22). The van der Waals surface area contributed by atoms with E-state index in [9.17, 15) is 4.79 Å². The van der Waals surface area contributed by atoms with Crippen molar-refractivity contribution >= 4 is 29.0 Å². The quantitative estimate of drug-likeness (QED) is 0.791. The van der Waals surface area contributed by atoms with Crippen molar-refractivity contribution in [2.75, 3.05) is 43.0 Å². The topological polar surface area (TPSA) is 55.8 Å². The molecule has 2 N–H and O–H groups in total. The first-order chi connectivity index (χ1) is 10.7. The minimum atomic E-state index is -0.279. The Morgan fingerprint density at radius 1 is 1.45 bits per heavy atom. The molecule has 2 amide bonds. The largest absolute Gasteiger partial charge is 0.395 e. The van der Waals surface area contributed by atoms with E-state index in [1.807, 2.05) is 12.1 Å². The van der Waals surface area contributed by atoms with Crippen molar-refractivity contribution in [2.24, 2.45) is 0 Å². The summed E-state index contributed by atoms with van der Waals surface area (Å²) < 4.78 is 0. The van der Waals surface area contributed by atoms with E-state index >= 15 is 0 Å². The maximum absolute atomic E-state index is 12.1. The lowest BCUT2D eigenvalue weighted by molar-refractivity contribution is 0.195. The van der Waals surface area contributed by atoms with Gasteiger partial charge in [0.1, 0.15) is 0 Å². The smallest absolute Gasteiger partial charge is 0.322 e. The molecule has 1 fully saturated rings. The fourth-order valence-corrected chi connectivity index (χ4v) is 2.85. The molecular weight excluding hydrogens is 302 g/mol. The van der Waals surface area contributed by atoms with E-state index in [1.165, 1.54) is 17.7 Å². The van der Waals surface area contributed by atoms with Crippen LogP contribution in [0.15, 0.2) is 30.9 Å². The SMILES string of the molecule is C=CCN(CCO)C(=O)Nc1ccc(N2CCCC2)c(Cl)c1. The zero-order chi connectivity index (χ0) is 15.9. The highest BCUT2D eigenvalue weighted by Crippen LogP contribution is 2.31. The number of benzene rings is 1. The first-order valence-corrected chi connectivity index (χ1v) is 7.85. The fraction of sp³-hybridized carbons (Fsp3) is 0.438.